The number of anilines is 2. The number of aryl methyl sites for hydroxylation is 1. The number of pyridine rings is 1. The van der Waals surface area contributed by atoms with Crippen molar-refractivity contribution in [3.8, 4) is 0 Å². The van der Waals surface area contributed by atoms with E-state index in [0.29, 0.717) is 28.1 Å². The van der Waals surface area contributed by atoms with Crippen molar-refractivity contribution in [3.63, 3.8) is 0 Å². The number of aromatic nitrogens is 3. The number of aliphatic hydroxyl groups is 1. The van der Waals surface area contributed by atoms with Gasteiger partial charge in [0.25, 0.3) is 5.69 Å². The number of hydrogen-bond donors (Lipinski definition) is 2. The molecule has 176 valence electrons. The van der Waals surface area contributed by atoms with Crippen LogP contribution in [0.2, 0.25) is 0 Å². The zero-order valence-corrected chi connectivity index (χ0v) is 20.0. The van der Waals surface area contributed by atoms with Gasteiger partial charge in [-0.3, -0.25) is 9.48 Å². The zero-order valence-electron chi connectivity index (χ0n) is 20.0. The Morgan fingerprint density at radius 3 is 2.58 bits per heavy atom. The molecule has 2 N–H and O–H groups in total. The predicted molar refractivity (Wildman–Crippen MR) is 129 cm³/mol. The monoisotopic (exact) mass is 451 g/mol. The van der Waals surface area contributed by atoms with Crippen molar-refractivity contribution in [1.82, 2.24) is 9.78 Å². The molecule has 8 heteroatoms. The van der Waals surface area contributed by atoms with E-state index >= 15 is 0 Å². The lowest BCUT2D eigenvalue weighted by Crippen LogP contribution is -2.39. The van der Waals surface area contributed by atoms with E-state index in [4.69, 9.17) is 5.10 Å². The molecular weight excluding hydrogens is 418 g/mol. The van der Waals surface area contributed by atoms with Gasteiger partial charge < -0.3 is 20.5 Å². The normalized spacial score (nSPS) is 19.0. The number of nitrogens with one attached hydrogen (secondary N) is 1. The third-order valence-electron chi connectivity index (χ3n) is 6.80. The number of amides is 1. The number of carbonyl (C=O) groups is 1. The lowest BCUT2D eigenvalue weighted by atomic mass is 9.77. The summed E-state index contributed by atoms with van der Waals surface area (Å²) in [5.41, 5.74) is 2.18. The second-order valence-corrected chi connectivity index (χ2v) is 9.89. The van der Waals surface area contributed by atoms with Gasteiger partial charge in [-0.2, -0.15) is 9.83 Å². The first kappa shape index (κ1) is 23.0. The van der Waals surface area contributed by atoms with Crippen LogP contribution in [0.15, 0.2) is 36.5 Å². The maximum atomic E-state index is 12.9. The Morgan fingerprint density at radius 2 is 1.94 bits per heavy atom. The first-order chi connectivity index (χ1) is 15.5. The third-order valence-corrected chi connectivity index (χ3v) is 6.80. The second-order valence-electron chi connectivity index (χ2n) is 9.89. The van der Waals surface area contributed by atoms with Crippen molar-refractivity contribution in [1.29, 1.82) is 0 Å². The molecule has 0 radical (unpaired) electrons. The topological polar surface area (TPSA) is 97.3 Å². The van der Waals surface area contributed by atoms with Crippen molar-refractivity contribution in [2.75, 3.05) is 24.3 Å². The molecule has 1 saturated carbocycles. The molecule has 0 atom stereocenters. The fourth-order valence-corrected chi connectivity index (χ4v) is 4.74. The van der Waals surface area contributed by atoms with Gasteiger partial charge in [0, 0.05) is 44.7 Å². The van der Waals surface area contributed by atoms with Crippen molar-refractivity contribution < 1.29 is 14.6 Å². The van der Waals surface area contributed by atoms with Crippen LogP contribution in [0.5, 0.6) is 0 Å². The predicted octanol–water partition coefficient (Wildman–Crippen LogP) is 3.80. The van der Waals surface area contributed by atoms with Crippen molar-refractivity contribution >= 4 is 28.2 Å². The van der Waals surface area contributed by atoms with Crippen molar-refractivity contribution in [2.24, 2.45) is 5.92 Å². The summed E-state index contributed by atoms with van der Waals surface area (Å²) in [7, 11) is 3.82. The molecule has 2 heterocycles. The van der Waals surface area contributed by atoms with Crippen LogP contribution in [0.3, 0.4) is 0 Å². The molecule has 2 aromatic heterocycles. The molecule has 0 unspecified atom stereocenters. The maximum absolute atomic E-state index is 12.9. The van der Waals surface area contributed by atoms with Crippen LogP contribution in [-0.2, 0) is 0 Å². The fraction of sp³-hybridized carbons (Fsp3) is 0.480. The molecule has 4 rings (SSSR count). The van der Waals surface area contributed by atoms with Gasteiger partial charge >= 0.3 is 5.91 Å². The van der Waals surface area contributed by atoms with E-state index in [0.717, 1.165) is 42.3 Å². The lowest BCUT2D eigenvalue weighted by molar-refractivity contribution is -0.614. The Bertz CT molecular complexity index is 1170. The first-order valence-corrected chi connectivity index (χ1v) is 11.5. The van der Waals surface area contributed by atoms with E-state index in [2.05, 4.69) is 5.32 Å². The smallest absolute Gasteiger partial charge is 0.321 e. The molecule has 0 aliphatic heterocycles. The summed E-state index contributed by atoms with van der Waals surface area (Å²) in [5.74, 6) is -0.139. The summed E-state index contributed by atoms with van der Waals surface area (Å²) in [6.45, 7) is 5.46. The highest BCUT2D eigenvalue weighted by Gasteiger charge is 2.32. The molecule has 0 bridgehead atoms. The first-order valence-electron chi connectivity index (χ1n) is 11.5. The summed E-state index contributed by atoms with van der Waals surface area (Å²) < 4.78 is 2.67. The molecule has 1 fully saturated rings. The van der Waals surface area contributed by atoms with Crippen LogP contribution in [0, 0.1) is 18.0 Å². The summed E-state index contributed by atoms with van der Waals surface area (Å²) in [6, 6.07) is 9.06. The Hall–Kier alpha value is -3.13. The Balaban J connectivity index is 1.61. The molecule has 0 saturated heterocycles. The number of nitrogens with zero attached hydrogens (tertiary/aromatic N) is 4. The summed E-state index contributed by atoms with van der Waals surface area (Å²) in [4.78, 5) is 14.8. The summed E-state index contributed by atoms with van der Waals surface area (Å²) in [5, 5.41) is 31.3. The molecule has 1 aromatic carbocycles. The minimum absolute atomic E-state index is 0.0547. The van der Waals surface area contributed by atoms with E-state index in [9.17, 15) is 15.1 Å². The molecule has 1 aliphatic carbocycles. The summed E-state index contributed by atoms with van der Waals surface area (Å²) in [6.07, 6.45) is 5.92. The number of benzene rings is 1. The van der Waals surface area contributed by atoms with Crippen LogP contribution >= 0.6 is 0 Å². The molecule has 8 nitrogen and oxygen atoms in total. The van der Waals surface area contributed by atoms with E-state index in [1.807, 2.05) is 55.9 Å². The SMILES string of the molecule is Cc1cccc(C(=O)Nc2cc3cn(C4CCC(C(C)(C)O)CC4)nc3cc2N(C)C)[n+]1[O-]. The van der Waals surface area contributed by atoms with Gasteiger partial charge in [-0.1, -0.05) is 0 Å². The molecule has 1 aliphatic rings. The molecule has 0 spiro atoms. The standard InChI is InChI=1S/C25H33N5O3/c1-16-7-6-8-22(30(16)33)24(31)26-21-13-17-15-29(27-20(17)14-23(21)28(4)5)19-11-9-18(10-12-19)25(2,3)32/h6-8,13-15,18-19,32H,9-12H2,1-5H3,(H,26,31). The average molecular weight is 452 g/mol. The fourth-order valence-electron chi connectivity index (χ4n) is 4.74. The van der Waals surface area contributed by atoms with Crippen LogP contribution in [-0.4, -0.2) is 40.5 Å². The van der Waals surface area contributed by atoms with Crippen LogP contribution < -0.4 is 14.9 Å². The quantitative estimate of drug-likeness (QED) is 0.454. The number of hydrogen-bond acceptors (Lipinski definition) is 5. The van der Waals surface area contributed by atoms with Gasteiger partial charge in [0.2, 0.25) is 0 Å². The molecule has 3 aromatic rings. The highest BCUT2D eigenvalue weighted by molar-refractivity contribution is 6.05. The molecule has 1 amide bonds. The van der Waals surface area contributed by atoms with Gasteiger partial charge in [0.1, 0.15) is 0 Å². The van der Waals surface area contributed by atoms with E-state index in [1.54, 1.807) is 19.1 Å². The Kier molecular flexibility index (Phi) is 6.05. The number of carbonyl (C=O) groups excluding carboxylic acids is 1. The van der Waals surface area contributed by atoms with Gasteiger partial charge in [0.05, 0.1) is 28.5 Å². The molecule has 33 heavy (non-hydrogen) atoms. The van der Waals surface area contributed by atoms with E-state index in [1.165, 1.54) is 6.07 Å². The Morgan fingerprint density at radius 1 is 1.24 bits per heavy atom. The number of fused-ring (bicyclic) bond motifs is 1. The largest absolute Gasteiger partial charge is 0.618 e. The average Bonchev–Trinajstić information content (AvgIpc) is 3.17. The lowest BCUT2D eigenvalue weighted by Gasteiger charge is -2.35. The van der Waals surface area contributed by atoms with E-state index in [-0.39, 0.29) is 5.69 Å². The van der Waals surface area contributed by atoms with Crippen LogP contribution in [0.4, 0.5) is 11.4 Å². The highest BCUT2D eigenvalue weighted by atomic mass is 16.5. The van der Waals surface area contributed by atoms with Crippen molar-refractivity contribution in [2.45, 2.75) is 58.1 Å². The highest BCUT2D eigenvalue weighted by Crippen LogP contribution is 2.38. The van der Waals surface area contributed by atoms with Gasteiger partial charge in [-0.25, -0.2) is 0 Å². The molecular formula is C25H33N5O3. The summed E-state index contributed by atoms with van der Waals surface area (Å²) >= 11 is 0. The van der Waals surface area contributed by atoms with Gasteiger partial charge in [-0.15, -0.1) is 0 Å². The zero-order chi connectivity index (χ0) is 23.9. The minimum Gasteiger partial charge on any atom is -0.618 e. The van der Waals surface area contributed by atoms with Gasteiger partial charge in [0.15, 0.2) is 5.69 Å². The Labute approximate surface area is 194 Å². The van der Waals surface area contributed by atoms with E-state index < -0.39 is 11.5 Å². The minimum atomic E-state index is -0.646. The van der Waals surface area contributed by atoms with Crippen LogP contribution in [0.25, 0.3) is 10.9 Å². The van der Waals surface area contributed by atoms with Gasteiger partial charge in [-0.05, 0) is 63.6 Å². The third kappa shape index (κ3) is 4.66. The second kappa shape index (κ2) is 8.67. The van der Waals surface area contributed by atoms with Crippen molar-refractivity contribution in [3.05, 3.63) is 53.1 Å². The van der Waals surface area contributed by atoms with Crippen LogP contribution in [0.1, 0.15) is 61.8 Å². The maximum Gasteiger partial charge on any atom is 0.321 e. The number of rotatable bonds is 5.